The highest BCUT2D eigenvalue weighted by Gasteiger charge is 2.26. The lowest BCUT2D eigenvalue weighted by Gasteiger charge is -2.21. The SMILES string of the molecule is Cc1ccc(C(=O)N2CCCC(=O)c3ccccc32)s1. The molecule has 0 atom stereocenters. The number of ketones is 1. The fourth-order valence-electron chi connectivity index (χ4n) is 2.49. The summed E-state index contributed by atoms with van der Waals surface area (Å²) in [6, 6.07) is 11.2. The second kappa shape index (κ2) is 5.21. The number of para-hydroxylation sites is 1. The minimum absolute atomic E-state index is 0.00903. The molecule has 0 aliphatic carbocycles. The predicted octanol–water partition coefficient (Wildman–Crippen LogP) is 3.68. The molecule has 2 heterocycles. The third-order valence-corrected chi connectivity index (χ3v) is 4.47. The molecule has 1 aromatic carbocycles. The first-order valence-electron chi connectivity index (χ1n) is 6.67. The van der Waals surface area contributed by atoms with Crippen molar-refractivity contribution in [2.45, 2.75) is 19.8 Å². The minimum Gasteiger partial charge on any atom is -0.307 e. The Balaban J connectivity index is 2.03. The Bertz CT molecular complexity index is 675. The summed E-state index contributed by atoms with van der Waals surface area (Å²) in [6.45, 7) is 2.58. The highest BCUT2D eigenvalue weighted by Crippen LogP contribution is 2.28. The van der Waals surface area contributed by atoms with Crippen molar-refractivity contribution in [3.05, 3.63) is 51.7 Å². The Morgan fingerprint density at radius 2 is 2.00 bits per heavy atom. The van der Waals surface area contributed by atoms with Crippen LogP contribution >= 0.6 is 11.3 Å². The maximum Gasteiger partial charge on any atom is 0.268 e. The van der Waals surface area contributed by atoms with E-state index in [2.05, 4.69) is 0 Å². The van der Waals surface area contributed by atoms with Crippen molar-refractivity contribution in [3.8, 4) is 0 Å². The molecular formula is C16H15NO2S. The van der Waals surface area contributed by atoms with Gasteiger partial charge in [-0.2, -0.15) is 0 Å². The van der Waals surface area contributed by atoms with E-state index in [1.54, 1.807) is 4.90 Å². The number of hydrogen-bond acceptors (Lipinski definition) is 3. The molecule has 1 aromatic heterocycles. The van der Waals surface area contributed by atoms with Crippen molar-refractivity contribution < 1.29 is 9.59 Å². The topological polar surface area (TPSA) is 37.4 Å². The summed E-state index contributed by atoms with van der Waals surface area (Å²) in [5.41, 5.74) is 1.40. The van der Waals surface area contributed by atoms with E-state index < -0.39 is 0 Å². The van der Waals surface area contributed by atoms with Gasteiger partial charge in [0.05, 0.1) is 10.6 Å². The zero-order valence-electron chi connectivity index (χ0n) is 11.3. The van der Waals surface area contributed by atoms with Crippen LogP contribution in [0.2, 0.25) is 0 Å². The molecule has 0 unspecified atom stereocenters. The Kier molecular flexibility index (Phi) is 3.40. The van der Waals surface area contributed by atoms with Gasteiger partial charge in [0, 0.05) is 23.4 Å². The molecule has 0 N–H and O–H groups in total. The maximum absolute atomic E-state index is 12.7. The molecule has 4 heteroatoms. The number of carbonyl (C=O) groups is 2. The lowest BCUT2D eigenvalue weighted by atomic mass is 10.1. The molecule has 3 nitrogen and oxygen atoms in total. The van der Waals surface area contributed by atoms with Crippen LogP contribution in [-0.4, -0.2) is 18.2 Å². The van der Waals surface area contributed by atoms with Crippen LogP contribution in [0.4, 0.5) is 5.69 Å². The smallest absolute Gasteiger partial charge is 0.268 e. The number of aryl methyl sites for hydroxylation is 1. The summed E-state index contributed by atoms with van der Waals surface area (Å²) in [5.74, 6) is 0.114. The summed E-state index contributed by atoms with van der Waals surface area (Å²) in [7, 11) is 0. The molecule has 0 fully saturated rings. The average molecular weight is 285 g/mol. The second-order valence-corrected chi connectivity index (χ2v) is 6.20. The van der Waals surface area contributed by atoms with Crippen LogP contribution in [0.15, 0.2) is 36.4 Å². The van der Waals surface area contributed by atoms with Gasteiger partial charge in [-0.15, -0.1) is 11.3 Å². The number of carbonyl (C=O) groups excluding carboxylic acids is 2. The van der Waals surface area contributed by atoms with Gasteiger partial charge < -0.3 is 4.90 Å². The van der Waals surface area contributed by atoms with Crippen LogP contribution in [0.3, 0.4) is 0 Å². The van der Waals surface area contributed by atoms with E-state index >= 15 is 0 Å². The third-order valence-electron chi connectivity index (χ3n) is 3.48. The Labute approximate surface area is 121 Å². The zero-order valence-corrected chi connectivity index (χ0v) is 12.1. The molecular weight excluding hydrogens is 270 g/mol. The van der Waals surface area contributed by atoms with Gasteiger partial charge in [0.15, 0.2) is 5.78 Å². The molecule has 102 valence electrons. The van der Waals surface area contributed by atoms with Crippen molar-refractivity contribution in [2.75, 3.05) is 11.4 Å². The largest absolute Gasteiger partial charge is 0.307 e. The van der Waals surface area contributed by atoms with Crippen molar-refractivity contribution in [2.24, 2.45) is 0 Å². The molecule has 0 saturated carbocycles. The number of thiophene rings is 1. The van der Waals surface area contributed by atoms with Crippen LogP contribution in [0.1, 0.15) is 37.7 Å². The number of anilines is 1. The molecule has 0 saturated heterocycles. The first-order chi connectivity index (χ1) is 9.66. The summed E-state index contributed by atoms with van der Waals surface area (Å²) in [4.78, 5) is 28.3. The molecule has 0 spiro atoms. The van der Waals surface area contributed by atoms with E-state index in [0.717, 1.165) is 15.4 Å². The molecule has 1 amide bonds. The summed E-state index contributed by atoms with van der Waals surface area (Å²) >= 11 is 1.50. The lowest BCUT2D eigenvalue weighted by Crippen LogP contribution is -2.31. The number of nitrogens with zero attached hydrogens (tertiary/aromatic N) is 1. The highest BCUT2D eigenvalue weighted by atomic mass is 32.1. The van der Waals surface area contributed by atoms with Gasteiger partial charge in [-0.3, -0.25) is 9.59 Å². The summed E-state index contributed by atoms with van der Waals surface area (Å²) in [6.07, 6.45) is 1.22. The Hall–Kier alpha value is -1.94. The standard InChI is InChI=1S/C16H15NO2S/c1-11-8-9-15(20-11)16(19)17-10-4-7-14(18)12-5-2-3-6-13(12)17/h2-3,5-6,8-9H,4,7,10H2,1H3. The van der Waals surface area contributed by atoms with E-state index in [1.807, 2.05) is 43.3 Å². The van der Waals surface area contributed by atoms with Gasteiger partial charge in [0.25, 0.3) is 5.91 Å². The van der Waals surface area contributed by atoms with Gasteiger partial charge in [0.2, 0.25) is 0 Å². The second-order valence-electron chi connectivity index (χ2n) is 4.91. The predicted molar refractivity (Wildman–Crippen MR) is 80.7 cm³/mol. The number of benzene rings is 1. The normalized spacial score (nSPS) is 14.8. The van der Waals surface area contributed by atoms with Crippen LogP contribution in [0, 0.1) is 6.92 Å². The van der Waals surface area contributed by atoms with E-state index in [9.17, 15) is 9.59 Å². The van der Waals surface area contributed by atoms with Gasteiger partial charge in [-0.05, 0) is 37.6 Å². The quantitative estimate of drug-likeness (QED) is 0.801. The van der Waals surface area contributed by atoms with E-state index in [4.69, 9.17) is 0 Å². The van der Waals surface area contributed by atoms with Gasteiger partial charge in [-0.25, -0.2) is 0 Å². The van der Waals surface area contributed by atoms with Gasteiger partial charge in [-0.1, -0.05) is 12.1 Å². The fourth-order valence-corrected chi connectivity index (χ4v) is 3.31. The molecule has 1 aliphatic heterocycles. The summed E-state index contributed by atoms with van der Waals surface area (Å²) in [5, 5.41) is 0. The Morgan fingerprint density at radius 1 is 1.20 bits per heavy atom. The number of Topliss-reactive ketones (excluding diaryl/α,β-unsaturated/α-hetero) is 1. The van der Waals surface area contributed by atoms with E-state index in [0.29, 0.717) is 24.9 Å². The molecule has 0 bridgehead atoms. The van der Waals surface area contributed by atoms with E-state index in [-0.39, 0.29) is 11.7 Å². The molecule has 20 heavy (non-hydrogen) atoms. The minimum atomic E-state index is -0.00903. The van der Waals surface area contributed by atoms with Crippen LogP contribution in [0.5, 0.6) is 0 Å². The summed E-state index contributed by atoms with van der Waals surface area (Å²) < 4.78 is 0. The fraction of sp³-hybridized carbons (Fsp3) is 0.250. The number of rotatable bonds is 1. The number of fused-ring (bicyclic) bond motifs is 1. The Morgan fingerprint density at radius 3 is 2.75 bits per heavy atom. The van der Waals surface area contributed by atoms with Gasteiger partial charge >= 0.3 is 0 Å². The highest BCUT2D eigenvalue weighted by molar-refractivity contribution is 7.14. The van der Waals surface area contributed by atoms with E-state index in [1.165, 1.54) is 11.3 Å². The van der Waals surface area contributed by atoms with Crippen LogP contribution in [0.25, 0.3) is 0 Å². The average Bonchev–Trinajstić information content (AvgIpc) is 2.82. The van der Waals surface area contributed by atoms with Crippen molar-refractivity contribution in [1.29, 1.82) is 0 Å². The molecule has 0 radical (unpaired) electrons. The van der Waals surface area contributed by atoms with Crippen LogP contribution in [-0.2, 0) is 0 Å². The van der Waals surface area contributed by atoms with Crippen molar-refractivity contribution in [1.82, 2.24) is 0 Å². The van der Waals surface area contributed by atoms with Crippen molar-refractivity contribution in [3.63, 3.8) is 0 Å². The van der Waals surface area contributed by atoms with Gasteiger partial charge in [0.1, 0.15) is 0 Å². The lowest BCUT2D eigenvalue weighted by molar-refractivity contribution is 0.0975. The molecule has 1 aliphatic rings. The monoisotopic (exact) mass is 285 g/mol. The number of hydrogen-bond donors (Lipinski definition) is 0. The third kappa shape index (κ3) is 2.27. The van der Waals surface area contributed by atoms with Crippen LogP contribution < -0.4 is 4.90 Å². The first kappa shape index (κ1) is 13.1. The maximum atomic E-state index is 12.7. The molecule has 3 rings (SSSR count). The zero-order chi connectivity index (χ0) is 14.1. The van der Waals surface area contributed by atoms with Crippen molar-refractivity contribution >= 4 is 28.7 Å². The number of amides is 1. The molecule has 2 aromatic rings. The first-order valence-corrected chi connectivity index (χ1v) is 7.49.